The highest BCUT2D eigenvalue weighted by Gasteiger charge is 2.42. The zero-order valence-electron chi connectivity index (χ0n) is 26.0. The summed E-state index contributed by atoms with van der Waals surface area (Å²) in [7, 11) is 1.84. The molecule has 10 nitrogen and oxygen atoms in total. The highest BCUT2D eigenvalue weighted by molar-refractivity contribution is 6.00. The number of para-hydroxylation sites is 1. The topological polar surface area (TPSA) is 106 Å². The molecule has 2 aliphatic heterocycles. The van der Waals surface area contributed by atoms with Crippen molar-refractivity contribution in [3.63, 3.8) is 0 Å². The minimum Gasteiger partial charge on any atom is -0.388 e. The molecular formula is C36H38N6O4. The number of rotatable bonds is 6. The Kier molecular flexibility index (Phi) is 7.60. The Morgan fingerprint density at radius 1 is 1.02 bits per heavy atom. The summed E-state index contributed by atoms with van der Waals surface area (Å²) < 4.78 is 5.11. The zero-order chi connectivity index (χ0) is 32.0. The molecule has 2 aromatic carbocycles. The van der Waals surface area contributed by atoms with Crippen LogP contribution in [0.25, 0.3) is 28.1 Å². The fourth-order valence-electron chi connectivity index (χ4n) is 7.32. The molecule has 3 aromatic heterocycles. The minimum atomic E-state index is -1.12. The van der Waals surface area contributed by atoms with Crippen molar-refractivity contribution in [1.29, 1.82) is 0 Å². The summed E-state index contributed by atoms with van der Waals surface area (Å²) in [5.74, 6) is -0.497. The quantitative estimate of drug-likeness (QED) is 0.309. The van der Waals surface area contributed by atoms with Gasteiger partial charge in [0, 0.05) is 62.8 Å². The predicted molar refractivity (Wildman–Crippen MR) is 177 cm³/mol. The lowest BCUT2D eigenvalue weighted by Gasteiger charge is -2.43. The number of aromatic nitrogens is 4. The molecule has 0 aliphatic carbocycles. The second-order valence-corrected chi connectivity index (χ2v) is 12.7. The van der Waals surface area contributed by atoms with E-state index in [0.29, 0.717) is 62.2 Å². The van der Waals surface area contributed by atoms with Crippen molar-refractivity contribution in [3.05, 3.63) is 107 Å². The Morgan fingerprint density at radius 3 is 2.52 bits per heavy atom. The molecule has 5 aromatic rings. The fourth-order valence-corrected chi connectivity index (χ4v) is 7.32. The van der Waals surface area contributed by atoms with Crippen molar-refractivity contribution in [2.24, 2.45) is 13.0 Å². The molecule has 1 N–H and O–H groups in total. The molecule has 0 saturated carbocycles. The number of hydrogen-bond acceptors (Lipinski definition) is 5. The number of aryl methyl sites for hydroxylation is 1. The molecule has 10 heteroatoms. The van der Waals surface area contributed by atoms with E-state index in [-0.39, 0.29) is 35.8 Å². The fraction of sp³-hybridized carbons (Fsp3) is 0.333. The van der Waals surface area contributed by atoms with Crippen LogP contribution in [0.5, 0.6) is 0 Å². The molecular weight excluding hydrogens is 580 g/mol. The van der Waals surface area contributed by atoms with Gasteiger partial charge >= 0.3 is 0 Å². The number of likely N-dealkylation sites (tertiary alicyclic amines) is 2. The first-order valence-corrected chi connectivity index (χ1v) is 15.8. The van der Waals surface area contributed by atoms with Crippen LogP contribution in [0.1, 0.15) is 41.2 Å². The van der Waals surface area contributed by atoms with Gasteiger partial charge < -0.3 is 24.0 Å². The summed E-state index contributed by atoms with van der Waals surface area (Å²) in [5, 5.41) is 13.0. The maximum Gasteiger partial charge on any atom is 0.270 e. The number of amides is 2. The SMILES string of the molecule is C=Cn1c(C(=O)N2CC[C@@H](C(=O)N3CCC(O)(Cn4cnc5c(ccn5C)c4=O)CC3)[C@H](c3ccccc3)C2)cc2ccccc21. The van der Waals surface area contributed by atoms with E-state index in [4.69, 9.17) is 0 Å². The van der Waals surface area contributed by atoms with Crippen molar-refractivity contribution in [3.8, 4) is 0 Å². The Hall–Kier alpha value is -4.96. The number of nitrogens with zero attached hydrogens (tertiary/aromatic N) is 6. The second kappa shape index (κ2) is 11.8. The van der Waals surface area contributed by atoms with Gasteiger partial charge in [-0.2, -0.15) is 0 Å². The summed E-state index contributed by atoms with van der Waals surface area (Å²) in [5.41, 5.74) is 1.82. The van der Waals surface area contributed by atoms with Crippen LogP contribution < -0.4 is 5.56 Å². The van der Waals surface area contributed by atoms with E-state index in [1.165, 1.54) is 10.9 Å². The highest BCUT2D eigenvalue weighted by atomic mass is 16.3. The predicted octanol–water partition coefficient (Wildman–Crippen LogP) is 4.09. The second-order valence-electron chi connectivity index (χ2n) is 12.7. The van der Waals surface area contributed by atoms with Crippen LogP contribution in [0.2, 0.25) is 0 Å². The van der Waals surface area contributed by atoms with Crippen LogP contribution in [0.4, 0.5) is 0 Å². The molecule has 2 saturated heterocycles. The Balaban J connectivity index is 1.07. The zero-order valence-corrected chi connectivity index (χ0v) is 26.0. The van der Waals surface area contributed by atoms with Crippen LogP contribution in [0, 0.1) is 5.92 Å². The Labute approximate surface area is 266 Å². The van der Waals surface area contributed by atoms with E-state index < -0.39 is 5.60 Å². The Bertz CT molecular complexity index is 2000. The van der Waals surface area contributed by atoms with Gasteiger partial charge in [-0.3, -0.25) is 19.0 Å². The summed E-state index contributed by atoms with van der Waals surface area (Å²) in [6, 6.07) is 21.5. The molecule has 0 radical (unpaired) electrons. The molecule has 236 valence electrons. The number of piperidine rings is 2. The highest BCUT2D eigenvalue weighted by Crippen LogP contribution is 2.36. The lowest BCUT2D eigenvalue weighted by molar-refractivity contribution is -0.142. The molecule has 5 heterocycles. The average molecular weight is 619 g/mol. The van der Waals surface area contributed by atoms with E-state index in [2.05, 4.69) is 11.6 Å². The maximum absolute atomic E-state index is 14.1. The number of carbonyl (C=O) groups is 2. The van der Waals surface area contributed by atoms with E-state index in [0.717, 1.165) is 16.5 Å². The van der Waals surface area contributed by atoms with Crippen LogP contribution in [0.3, 0.4) is 0 Å². The monoisotopic (exact) mass is 618 g/mol. The minimum absolute atomic E-state index is 0.0488. The van der Waals surface area contributed by atoms with Gasteiger partial charge in [-0.15, -0.1) is 0 Å². The van der Waals surface area contributed by atoms with Crippen molar-refractivity contribution in [1.82, 2.24) is 28.5 Å². The molecule has 2 aliphatic rings. The number of fused-ring (bicyclic) bond motifs is 2. The molecule has 0 unspecified atom stereocenters. The molecule has 0 bridgehead atoms. The number of hydrogen-bond donors (Lipinski definition) is 1. The first-order valence-electron chi connectivity index (χ1n) is 15.8. The normalized spacial score (nSPS) is 19.9. The first-order chi connectivity index (χ1) is 22.3. The molecule has 2 fully saturated rings. The van der Waals surface area contributed by atoms with Crippen LogP contribution in [0.15, 0.2) is 90.6 Å². The lowest BCUT2D eigenvalue weighted by atomic mass is 9.79. The molecule has 2 atom stereocenters. The van der Waals surface area contributed by atoms with Crippen molar-refractivity contribution in [2.45, 2.75) is 37.3 Å². The van der Waals surface area contributed by atoms with Crippen molar-refractivity contribution in [2.75, 3.05) is 26.2 Å². The smallest absolute Gasteiger partial charge is 0.270 e. The largest absolute Gasteiger partial charge is 0.388 e. The standard InChI is InChI=1S/C36H38N6O4/c1-3-42-30-12-8-7-11-26(30)21-31(42)35(45)40-18-14-27(29(22-40)25-9-5-4-6-10-25)33(43)39-19-15-36(46,16-20-39)23-41-24-37-32-28(34(41)44)13-17-38(32)2/h3-13,17,21,24,27,29,46H,1,14-16,18-20,22-23H2,2H3/t27-,29+/m1/s1. The van der Waals surface area contributed by atoms with Crippen LogP contribution in [-0.2, 0) is 18.4 Å². The number of carbonyl (C=O) groups excluding carboxylic acids is 2. The van der Waals surface area contributed by atoms with E-state index >= 15 is 0 Å². The Morgan fingerprint density at radius 2 is 1.76 bits per heavy atom. The molecule has 46 heavy (non-hydrogen) atoms. The van der Waals surface area contributed by atoms with Gasteiger partial charge in [-0.25, -0.2) is 4.98 Å². The third-order valence-corrected chi connectivity index (χ3v) is 9.92. The van der Waals surface area contributed by atoms with Gasteiger partial charge in [0.05, 0.1) is 23.0 Å². The van der Waals surface area contributed by atoms with Gasteiger partial charge in [0.25, 0.3) is 11.5 Å². The number of benzene rings is 2. The van der Waals surface area contributed by atoms with Crippen LogP contribution in [-0.4, -0.2) is 77.2 Å². The van der Waals surface area contributed by atoms with Gasteiger partial charge in [-0.1, -0.05) is 55.1 Å². The average Bonchev–Trinajstić information content (AvgIpc) is 3.66. The van der Waals surface area contributed by atoms with Gasteiger partial charge in [-0.05, 0) is 43.0 Å². The lowest BCUT2D eigenvalue weighted by Crippen LogP contribution is -2.53. The van der Waals surface area contributed by atoms with Gasteiger partial charge in [0.2, 0.25) is 5.91 Å². The van der Waals surface area contributed by atoms with Crippen molar-refractivity contribution >= 4 is 40.0 Å². The maximum atomic E-state index is 14.1. The van der Waals surface area contributed by atoms with E-state index in [1.807, 2.05) is 82.1 Å². The third kappa shape index (κ3) is 5.22. The molecule has 0 spiro atoms. The van der Waals surface area contributed by atoms with E-state index in [9.17, 15) is 19.5 Å². The first kappa shape index (κ1) is 29.7. The molecule has 7 rings (SSSR count). The summed E-state index contributed by atoms with van der Waals surface area (Å²) in [6.07, 6.45) is 6.22. The summed E-state index contributed by atoms with van der Waals surface area (Å²) in [4.78, 5) is 49.2. The summed E-state index contributed by atoms with van der Waals surface area (Å²) >= 11 is 0. The van der Waals surface area contributed by atoms with E-state index in [1.54, 1.807) is 23.0 Å². The van der Waals surface area contributed by atoms with Gasteiger partial charge in [0.15, 0.2) is 0 Å². The third-order valence-electron chi connectivity index (χ3n) is 9.92. The summed E-state index contributed by atoms with van der Waals surface area (Å²) in [6.45, 7) is 5.75. The number of aliphatic hydroxyl groups is 1. The van der Waals surface area contributed by atoms with Gasteiger partial charge in [0.1, 0.15) is 17.7 Å². The van der Waals surface area contributed by atoms with Crippen molar-refractivity contribution < 1.29 is 14.7 Å². The molecule has 2 amide bonds. The van der Waals surface area contributed by atoms with Crippen LogP contribution >= 0.6 is 0 Å².